The summed E-state index contributed by atoms with van der Waals surface area (Å²) in [5.41, 5.74) is 17.0. The van der Waals surface area contributed by atoms with Crippen molar-refractivity contribution in [2.24, 2.45) is 34.0 Å². The molecule has 0 aliphatic carbocycles. The second-order valence-corrected chi connectivity index (χ2v) is 19.8. The lowest BCUT2D eigenvalue weighted by molar-refractivity contribution is -0.144. The first-order valence-electron chi connectivity index (χ1n) is 25.7. The third-order valence-corrected chi connectivity index (χ3v) is 11.6. The van der Waals surface area contributed by atoms with E-state index < -0.39 is 182 Å². The second kappa shape index (κ2) is 35.8. The molecule has 1 aromatic rings. The van der Waals surface area contributed by atoms with Gasteiger partial charge in [0.1, 0.15) is 54.1 Å². The standard InChI is InChI=1S/C49H77N13O20/c1-22(2)15-27(50)40(73)56-29(12-13-36(67)68)42(75)57-31(18-37(69)70)41(74)54-20-35(66)55-28(7-6-14-53-49(51)52)43(76)62-39(24(5)64)47(80)59-30(16-23(3)4)44(77)61-34(21-63)46(79)58-32(19-38(71)72)45(78)60-33(48(81)82)17-25-8-10-26(65)11-9-25/h8-11,22-24,27-34,39,63-65H,6-7,12-21,50H2,1-5H3,(H,54,74)(H,55,66)(H,56,73)(H,57,75)(H,58,79)(H,59,80)(H,60,78)(H,61,77)(H,62,76)(H,67,68)(H,69,70)(H,71,72)(H,81,82)(H4,51,52,53)/t24-,27+,28+,29+,30+,31+,32+,33+,34+,39+/m1/s1. The summed E-state index contributed by atoms with van der Waals surface area (Å²) in [6.45, 7) is 5.59. The molecule has 22 N–H and O–H groups in total. The maximum Gasteiger partial charge on any atom is 0.326 e. The molecule has 458 valence electrons. The predicted octanol–water partition coefficient (Wildman–Crippen LogP) is -6.33. The van der Waals surface area contributed by atoms with Crippen molar-refractivity contribution in [3.05, 3.63) is 29.8 Å². The number of carboxylic acids is 4. The maximum atomic E-state index is 13.9. The minimum Gasteiger partial charge on any atom is -0.508 e. The summed E-state index contributed by atoms with van der Waals surface area (Å²) in [5.74, 6) is -17.5. The van der Waals surface area contributed by atoms with Gasteiger partial charge in [-0.1, -0.05) is 39.8 Å². The highest BCUT2D eigenvalue weighted by molar-refractivity contribution is 5.99. The molecule has 10 atom stereocenters. The van der Waals surface area contributed by atoms with Crippen LogP contribution < -0.4 is 65.1 Å². The SMILES string of the molecule is CC(C)C[C@H](NC(=O)[C@@H](NC(=O)[C@H](CCCN=C(N)N)NC(=O)CNC(=O)[C@H](CC(=O)O)NC(=O)[C@H](CCC(=O)O)NC(=O)[C@@H](N)CC(C)C)[C@@H](C)O)C(=O)N[C@@H](CO)C(=O)N[C@@H](CC(=O)O)C(=O)N[C@@H](Cc1ccc(O)cc1)C(=O)O. The van der Waals surface area contributed by atoms with Crippen molar-refractivity contribution in [3.63, 3.8) is 0 Å². The number of carbonyl (C=O) groups excluding carboxylic acids is 9. The molecule has 1 aromatic carbocycles. The largest absolute Gasteiger partial charge is 0.508 e. The number of nitrogens with zero attached hydrogens (tertiary/aromatic N) is 1. The number of aliphatic carboxylic acids is 4. The Morgan fingerprint density at radius 3 is 1.50 bits per heavy atom. The number of amides is 9. The Kier molecular flexibility index (Phi) is 31.1. The summed E-state index contributed by atoms with van der Waals surface area (Å²) in [6, 6.07) is -10.0. The van der Waals surface area contributed by atoms with Crippen LogP contribution in [-0.2, 0) is 68.7 Å². The third-order valence-electron chi connectivity index (χ3n) is 11.6. The predicted molar refractivity (Wildman–Crippen MR) is 285 cm³/mol. The lowest BCUT2D eigenvalue weighted by Crippen LogP contribution is -2.62. The first-order valence-corrected chi connectivity index (χ1v) is 25.7. The number of phenolic OH excluding ortho intramolecular Hbond substituents is 1. The molecule has 0 aliphatic rings. The van der Waals surface area contributed by atoms with Crippen LogP contribution in [0.25, 0.3) is 0 Å². The fourth-order valence-electron chi connectivity index (χ4n) is 7.48. The Balaban J connectivity index is 3.32. The second-order valence-electron chi connectivity index (χ2n) is 19.8. The number of nitrogens with one attached hydrogen (secondary N) is 9. The van der Waals surface area contributed by atoms with Gasteiger partial charge in [-0.15, -0.1) is 0 Å². The highest BCUT2D eigenvalue weighted by Gasteiger charge is 2.36. The lowest BCUT2D eigenvalue weighted by atomic mass is 10.0. The molecular weight excluding hydrogens is 1090 g/mol. The van der Waals surface area contributed by atoms with Crippen LogP contribution in [0, 0.1) is 11.8 Å². The molecule has 0 bridgehead atoms. The number of aromatic hydroxyl groups is 1. The van der Waals surface area contributed by atoms with Crippen molar-refractivity contribution < 1.29 is 98.1 Å². The van der Waals surface area contributed by atoms with E-state index in [0.717, 1.165) is 6.92 Å². The van der Waals surface area contributed by atoms with E-state index in [1.54, 1.807) is 27.7 Å². The molecule has 0 radical (unpaired) electrons. The summed E-state index contributed by atoms with van der Waals surface area (Å²) >= 11 is 0. The summed E-state index contributed by atoms with van der Waals surface area (Å²) in [5, 5.41) is 88.3. The number of guanidine groups is 1. The van der Waals surface area contributed by atoms with Gasteiger partial charge in [-0.25, -0.2) is 4.79 Å². The number of nitrogens with two attached hydrogens (primary N) is 3. The topological polar surface area (TPSA) is 562 Å². The van der Waals surface area contributed by atoms with Gasteiger partial charge in [0.25, 0.3) is 0 Å². The Bertz CT molecular complexity index is 2440. The van der Waals surface area contributed by atoms with Crippen molar-refractivity contribution in [2.75, 3.05) is 19.7 Å². The number of hydrogen-bond donors (Lipinski definition) is 19. The zero-order chi connectivity index (χ0) is 62.6. The Hall–Kier alpha value is -8.72. The van der Waals surface area contributed by atoms with Crippen LogP contribution in [0.15, 0.2) is 29.3 Å². The van der Waals surface area contributed by atoms with Crippen LogP contribution >= 0.6 is 0 Å². The van der Waals surface area contributed by atoms with Gasteiger partial charge >= 0.3 is 23.9 Å². The van der Waals surface area contributed by atoms with Gasteiger partial charge in [0.15, 0.2) is 5.96 Å². The normalized spacial score (nSPS) is 14.7. The minimum absolute atomic E-state index is 0.0231. The number of rotatable bonds is 38. The number of carboxylic acid groups (broad SMARTS) is 4. The number of benzene rings is 1. The van der Waals surface area contributed by atoms with Crippen molar-refractivity contribution >= 4 is 83.0 Å². The van der Waals surface area contributed by atoms with Gasteiger partial charge in [0, 0.05) is 19.4 Å². The smallest absolute Gasteiger partial charge is 0.326 e. The molecule has 0 spiro atoms. The van der Waals surface area contributed by atoms with Gasteiger partial charge in [0.05, 0.1) is 38.1 Å². The number of aliphatic imine (C=N–C) groups is 1. The van der Waals surface area contributed by atoms with Crippen LogP contribution in [0.1, 0.15) is 91.5 Å². The molecule has 1 rings (SSSR count). The van der Waals surface area contributed by atoms with Crippen molar-refractivity contribution in [1.82, 2.24) is 47.9 Å². The van der Waals surface area contributed by atoms with Crippen LogP contribution in [0.4, 0.5) is 0 Å². The zero-order valence-corrected chi connectivity index (χ0v) is 45.8. The van der Waals surface area contributed by atoms with Gasteiger partial charge in [0.2, 0.25) is 53.2 Å². The molecule has 0 saturated heterocycles. The molecule has 82 heavy (non-hydrogen) atoms. The van der Waals surface area contributed by atoms with Crippen molar-refractivity contribution in [2.45, 2.75) is 153 Å². The first kappa shape index (κ1) is 71.3. The lowest BCUT2D eigenvalue weighted by Gasteiger charge is -2.28. The monoisotopic (exact) mass is 1170 g/mol. The first-order chi connectivity index (χ1) is 38.2. The highest BCUT2D eigenvalue weighted by Crippen LogP contribution is 2.13. The summed E-state index contributed by atoms with van der Waals surface area (Å²) in [4.78, 5) is 171. The van der Waals surface area contributed by atoms with Crippen LogP contribution in [0.5, 0.6) is 5.75 Å². The van der Waals surface area contributed by atoms with Crippen LogP contribution in [0.2, 0.25) is 0 Å². The van der Waals surface area contributed by atoms with E-state index in [1.165, 1.54) is 24.3 Å². The summed E-state index contributed by atoms with van der Waals surface area (Å²) in [7, 11) is 0. The van der Waals surface area contributed by atoms with Gasteiger partial charge in [-0.3, -0.25) is 62.5 Å². The van der Waals surface area contributed by atoms with Gasteiger partial charge in [-0.05, 0) is 68.6 Å². The van der Waals surface area contributed by atoms with E-state index in [9.17, 15) is 98.1 Å². The average molecular weight is 1170 g/mol. The molecule has 0 saturated carbocycles. The molecule has 9 amide bonds. The van der Waals surface area contributed by atoms with Gasteiger partial charge in [-0.2, -0.15) is 0 Å². The van der Waals surface area contributed by atoms with E-state index in [1.807, 2.05) is 0 Å². The minimum atomic E-state index is -1.96. The fraction of sp³-hybridized carbons (Fsp3) is 0.592. The summed E-state index contributed by atoms with van der Waals surface area (Å²) in [6.07, 6.45) is -5.69. The third kappa shape index (κ3) is 27.9. The Morgan fingerprint density at radius 2 is 1.00 bits per heavy atom. The van der Waals surface area contributed by atoms with E-state index in [4.69, 9.17) is 17.2 Å². The van der Waals surface area contributed by atoms with Crippen molar-refractivity contribution in [1.29, 1.82) is 0 Å². The maximum absolute atomic E-state index is 13.9. The van der Waals surface area contributed by atoms with Gasteiger partial charge < -0.3 is 101 Å². The molecule has 0 heterocycles. The molecule has 0 fully saturated rings. The van der Waals surface area contributed by atoms with E-state index in [-0.39, 0.29) is 56.3 Å². The zero-order valence-electron chi connectivity index (χ0n) is 45.8. The summed E-state index contributed by atoms with van der Waals surface area (Å²) < 4.78 is 0. The molecule has 0 aromatic heterocycles. The molecule has 0 aliphatic heterocycles. The highest BCUT2D eigenvalue weighted by atomic mass is 16.4. The molecule has 0 unspecified atom stereocenters. The number of aliphatic hydroxyl groups excluding tert-OH is 2. The number of aliphatic hydroxyl groups is 2. The van der Waals surface area contributed by atoms with Crippen LogP contribution in [0.3, 0.4) is 0 Å². The molecule has 33 nitrogen and oxygen atoms in total. The van der Waals surface area contributed by atoms with Crippen LogP contribution in [-0.4, -0.2) is 199 Å². The number of carbonyl (C=O) groups is 13. The van der Waals surface area contributed by atoms with E-state index in [2.05, 4.69) is 52.8 Å². The average Bonchev–Trinajstić information content (AvgIpc) is 3.40. The number of hydrogen-bond acceptors (Lipinski definition) is 18. The number of phenols is 1. The fourth-order valence-corrected chi connectivity index (χ4v) is 7.48. The quantitative estimate of drug-likeness (QED) is 0.0166. The van der Waals surface area contributed by atoms with Crippen molar-refractivity contribution in [3.8, 4) is 5.75 Å². The molecular formula is C49H77N13O20. The molecule has 33 heteroatoms. The van der Waals surface area contributed by atoms with E-state index >= 15 is 0 Å². The van der Waals surface area contributed by atoms with E-state index in [0.29, 0.717) is 5.56 Å². The Morgan fingerprint density at radius 1 is 0.537 bits per heavy atom. The Labute approximate surface area is 470 Å².